The van der Waals surface area contributed by atoms with Gasteiger partial charge in [0.25, 0.3) is 0 Å². The van der Waals surface area contributed by atoms with Crippen molar-refractivity contribution in [2.24, 2.45) is 0 Å². The zero-order valence-corrected chi connectivity index (χ0v) is 84.4. The maximum absolute atomic E-state index is 3.80. The van der Waals surface area contributed by atoms with Gasteiger partial charge >= 0.3 is 51.4 Å². The van der Waals surface area contributed by atoms with E-state index in [1.54, 1.807) is 0 Å². The molecule has 0 nitrogen and oxygen atoms in total. The normalized spacial score (nSPS) is 11.2. The summed E-state index contributed by atoms with van der Waals surface area (Å²) in [4.78, 5) is 0. The molecule has 0 aliphatic carbocycles. The summed E-state index contributed by atoms with van der Waals surface area (Å²) in [5.41, 5.74) is 45.9. The average Bonchev–Trinajstić information content (AvgIpc) is 0.649. The van der Waals surface area contributed by atoms with Crippen molar-refractivity contribution in [2.45, 2.75) is 0 Å². The fourth-order valence-electron chi connectivity index (χ4n) is 23.6. The Bertz CT molecular complexity index is 7200. The first kappa shape index (κ1) is 92.7. The SMILES string of the molecule is [K+].c1ccc(-c2c(-c3ccccc3)c(-c3ccccc3)c([B-](c3c(-c4ccccc4)c(-c4ccccc4)c(-c4ccccc4)c(-c4ccccc4)c3-c3ccccc3)(c3c(-c4ccccc4)c(-c4ccccc4)c(-c4ccccc4)c(-c4ccccc4)c3-c3ccccc3)c3c(-c4ccccc4)c(-c4ccccc4)c(-c4ccccc4)c(-c4ccccc4)c3-c3ccccc3)c(-c3ccccc3)c2-c2ccccc2)cc1. The number of hydrogen-bond donors (Lipinski definition) is 0. The van der Waals surface area contributed by atoms with Gasteiger partial charge in [-0.15, -0.1) is 0 Å². The van der Waals surface area contributed by atoms with Crippen LogP contribution in [-0.4, -0.2) is 6.15 Å². The molecule has 0 amide bonds. The van der Waals surface area contributed by atoms with E-state index in [4.69, 9.17) is 0 Å². The molecule has 0 fully saturated rings. The minimum absolute atomic E-state index is 0. The van der Waals surface area contributed by atoms with Crippen molar-refractivity contribution in [2.75, 3.05) is 0 Å². The summed E-state index contributed by atoms with van der Waals surface area (Å²) in [5.74, 6) is 0. The quantitative estimate of drug-likeness (QED) is 0.0529. The van der Waals surface area contributed by atoms with E-state index in [-0.39, 0.29) is 51.4 Å². The second kappa shape index (κ2) is 42.3. The third-order valence-electron chi connectivity index (χ3n) is 29.1. The standard InChI is InChI=1S/C144H100B.K/c1-21-61-101(62-22-1)121-125(105-69-29-5-30-70-105)133(113-85-45-13-46-86-113)141(134(114-87-47-14-48-88-114)126(121)106-71-31-6-32-72-106)145(142-135(115-89-49-15-50-90-115)127(107-73-33-7-34-74-107)122(102-63-23-2-24-64-102)128(108-75-35-8-36-76-108)136(142)116-91-51-16-52-92-116,143-137(117-93-53-17-54-94-117)129(109-77-37-9-38-78-109)123(103-65-25-3-26-66-103)130(110-79-39-10-40-80-110)138(143)118-95-55-18-56-96-118)144-139(119-97-57-19-58-98-119)131(111-81-41-11-42-82-111)124(104-67-27-4-28-68-104)132(112-83-43-12-44-84-112)140(144)120-99-59-20-60-100-120;/h1-100H;/q-1;+1. The van der Waals surface area contributed by atoms with Gasteiger partial charge in [-0.05, 0) is 223 Å². The van der Waals surface area contributed by atoms with Gasteiger partial charge in [0.05, 0.1) is 0 Å². The molecule has 0 aliphatic heterocycles. The molecule has 0 aromatic heterocycles. The van der Waals surface area contributed by atoms with Gasteiger partial charge in [-0.1, -0.05) is 607 Å². The number of hydrogen-bond acceptors (Lipinski definition) is 0. The Morgan fingerprint density at radius 3 is 0.192 bits per heavy atom. The minimum atomic E-state index is -3.80. The summed E-state index contributed by atoms with van der Waals surface area (Å²) in [6.45, 7) is 0. The fourth-order valence-corrected chi connectivity index (χ4v) is 23.6. The zero-order chi connectivity index (χ0) is 96.6. The molecule has 24 aromatic rings. The number of rotatable bonds is 24. The first-order valence-corrected chi connectivity index (χ1v) is 50.4. The maximum atomic E-state index is 2.45. The van der Waals surface area contributed by atoms with Crippen LogP contribution in [0.1, 0.15) is 0 Å². The van der Waals surface area contributed by atoms with Crippen LogP contribution in [0, 0.1) is 0 Å². The Kier molecular flexibility index (Phi) is 26.8. The third kappa shape index (κ3) is 17.1. The molecular formula is C144H100BK. The molecule has 0 radical (unpaired) electrons. The van der Waals surface area contributed by atoms with Crippen LogP contribution in [0.5, 0.6) is 0 Å². The van der Waals surface area contributed by atoms with Crippen LogP contribution < -0.4 is 73.2 Å². The molecule has 0 aliphatic rings. The molecule has 680 valence electrons. The Morgan fingerprint density at radius 1 is 0.0685 bits per heavy atom. The molecule has 0 heterocycles. The van der Waals surface area contributed by atoms with Crippen LogP contribution >= 0.6 is 0 Å². The third-order valence-corrected chi connectivity index (χ3v) is 29.1. The number of benzene rings is 24. The summed E-state index contributed by atoms with van der Waals surface area (Å²) in [7, 11) is 0. The molecule has 24 aromatic carbocycles. The van der Waals surface area contributed by atoms with Crippen molar-refractivity contribution < 1.29 is 51.4 Å². The van der Waals surface area contributed by atoms with Crippen LogP contribution in [0.2, 0.25) is 0 Å². The summed E-state index contributed by atoms with van der Waals surface area (Å²) in [6.07, 6.45) is -3.80. The molecule has 0 atom stereocenters. The molecule has 0 unspecified atom stereocenters. The Labute approximate surface area is 899 Å². The van der Waals surface area contributed by atoms with Gasteiger partial charge in [0.2, 0.25) is 0 Å². The van der Waals surface area contributed by atoms with E-state index in [0.29, 0.717) is 0 Å². The summed E-state index contributed by atoms with van der Waals surface area (Å²) < 4.78 is 0. The molecule has 0 N–H and O–H groups in total. The first-order valence-electron chi connectivity index (χ1n) is 50.4. The Balaban J connectivity index is 0.0000118. The van der Waals surface area contributed by atoms with Crippen LogP contribution in [0.15, 0.2) is 607 Å². The largest absolute Gasteiger partial charge is 1.00 e. The average molecular weight is 1880 g/mol. The molecule has 0 saturated carbocycles. The van der Waals surface area contributed by atoms with E-state index >= 15 is 0 Å². The van der Waals surface area contributed by atoms with Crippen LogP contribution in [0.25, 0.3) is 223 Å². The van der Waals surface area contributed by atoms with Gasteiger partial charge in [-0.2, -0.15) is 21.9 Å². The maximum Gasteiger partial charge on any atom is 1.00 e. The van der Waals surface area contributed by atoms with Crippen molar-refractivity contribution in [1.82, 2.24) is 0 Å². The van der Waals surface area contributed by atoms with Crippen LogP contribution in [0.4, 0.5) is 0 Å². The van der Waals surface area contributed by atoms with Gasteiger partial charge in [-0.3, -0.25) is 0 Å². The molecule has 146 heavy (non-hydrogen) atoms. The smallest absolute Gasteiger partial charge is 0.178 e. The van der Waals surface area contributed by atoms with Gasteiger partial charge < -0.3 is 0 Å². The van der Waals surface area contributed by atoms with Crippen molar-refractivity contribution in [3.63, 3.8) is 0 Å². The van der Waals surface area contributed by atoms with E-state index < -0.39 is 6.15 Å². The van der Waals surface area contributed by atoms with Crippen LogP contribution in [0.3, 0.4) is 0 Å². The predicted molar refractivity (Wildman–Crippen MR) is 619 cm³/mol. The van der Waals surface area contributed by atoms with Crippen molar-refractivity contribution in [3.05, 3.63) is 607 Å². The predicted octanol–water partition coefficient (Wildman–Crippen LogP) is 33.4. The Morgan fingerprint density at radius 2 is 0.123 bits per heavy atom. The van der Waals surface area contributed by atoms with Crippen molar-refractivity contribution in [3.8, 4) is 223 Å². The topological polar surface area (TPSA) is 0 Å². The van der Waals surface area contributed by atoms with Crippen molar-refractivity contribution >= 4 is 28.0 Å². The summed E-state index contributed by atoms with van der Waals surface area (Å²) >= 11 is 0. The zero-order valence-electron chi connectivity index (χ0n) is 81.3. The van der Waals surface area contributed by atoms with E-state index in [1.165, 1.54) is 0 Å². The van der Waals surface area contributed by atoms with Gasteiger partial charge in [-0.25, -0.2) is 0 Å². The molecular weight excluding hydrogens is 1780 g/mol. The monoisotopic (exact) mass is 1880 g/mol. The molecule has 24 rings (SSSR count). The second-order valence-electron chi connectivity index (χ2n) is 37.3. The summed E-state index contributed by atoms with van der Waals surface area (Å²) in [6, 6.07) is 232. The molecule has 0 bridgehead atoms. The molecule has 2 heteroatoms. The van der Waals surface area contributed by atoms with E-state index in [2.05, 4.69) is 607 Å². The minimum Gasteiger partial charge on any atom is -0.178 e. The van der Waals surface area contributed by atoms with Gasteiger partial charge in [0, 0.05) is 0 Å². The molecule has 0 saturated heterocycles. The summed E-state index contributed by atoms with van der Waals surface area (Å²) in [5, 5.41) is 0. The Hall–Kier alpha value is -17.0. The first-order chi connectivity index (χ1) is 72.2. The van der Waals surface area contributed by atoms with Crippen LogP contribution in [-0.2, 0) is 0 Å². The van der Waals surface area contributed by atoms with E-state index in [0.717, 1.165) is 244 Å². The van der Waals surface area contributed by atoms with Crippen molar-refractivity contribution in [1.29, 1.82) is 0 Å². The van der Waals surface area contributed by atoms with E-state index in [1.807, 2.05) is 0 Å². The van der Waals surface area contributed by atoms with Gasteiger partial charge in [0.1, 0.15) is 6.15 Å². The fraction of sp³-hybridized carbons (Fsp3) is 0. The van der Waals surface area contributed by atoms with Gasteiger partial charge in [0.15, 0.2) is 0 Å². The second-order valence-corrected chi connectivity index (χ2v) is 37.3. The van der Waals surface area contributed by atoms with E-state index in [9.17, 15) is 0 Å². The molecule has 0 spiro atoms.